The molecular formula is C12H7Cl2FN2S. The third-order valence-electron chi connectivity index (χ3n) is 2.65. The lowest BCUT2D eigenvalue weighted by Crippen LogP contribution is -1.97. The minimum Gasteiger partial charge on any atom is -0.232 e. The third kappa shape index (κ3) is 2.20. The lowest BCUT2D eigenvalue weighted by molar-refractivity contribution is 0.628. The second-order valence-electron chi connectivity index (χ2n) is 3.91. The quantitative estimate of drug-likeness (QED) is 0.733. The highest BCUT2D eigenvalue weighted by Crippen LogP contribution is 2.34. The van der Waals surface area contributed by atoms with Crippen molar-refractivity contribution < 1.29 is 4.39 Å². The Bertz CT molecular complexity index is 613. The maximum Gasteiger partial charge on any atom is 0.161 e. The van der Waals surface area contributed by atoms with E-state index in [1.807, 2.05) is 0 Å². The van der Waals surface area contributed by atoms with Crippen LogP contribution in [0.25, 0.3) is 11.4 Å². The standard InChI is InChI=1S/C12H7Cl2FN2S/c13-7-1-6(2-8(15)3-7)12-16-10-5-18-4-9(10)11(14)17-12/h1-3H,4-5H2. The van der Waals surface area contributed by atoms with E-state index in [0.717, 1.165) is 22.8 Å². The summed E-state index contributed by atoms with van der Waals surface area (Å²) in [7, 11) is 0. The zero-order valence-corrected chi connectivity index (χ0v) is 11.4. The molecule has 1 aromatic heterocycles. The predicted octanol–water partition coefficient (Wildman–Crippen LogP) is 4.34. The number of benzene rings is 1. The van der Waals surface area contributed by atoms with Gasteiger partial charge >= 0.3 is 0 Å². The van der Waals surface area contributed by atoms with Crippen LogP contribution in [0.5, 0.6) is 0 Å². The van der Waals surface area contributed by atoms with Crippen LogP contribution in [0.2, 0.25) is 10.2 Å². The first-order valence-corrected chi connectivity index (χ1v) is 7.14. The topological polar surface area (TPSA) is 25.8 Å². The first-order valence-electron chi connectivity index (χ1n) is 5.23. The summed E-state index contributed by atoms with van der Waals surface area (Å²) in [5.41, 5.74) is 2.45. The van der Waals surface area contributed by atoms with Crippen LogP contribution < -0.4 is 0 Å². The molecule has 2 aromatic rings. The smallest absolute Gasteiger partial charge is 0.161 e. The largest absolute Gasteiger partial charge is 0.232 e. The average Bonchev–Trinajstić information content (AvgIpc) is 2.76. The molecule has 18 heavy (non-hydrogen) atoms. The molecule has 0 spiro atoms. The molecule has 2 nitrogen and oxygen atoms in total. The number of aromatic nitrogens is 2. The van der Waals surface area contributed by atoms with E-state index in [0.29, 0.717) is 21.6 Å². The van der Waals surface area contributed by atoms with Crippen molar-refractivity contribution in [3.05, 3.63) is 45.4 Å². The Balaban J connectivity index is 2.15. The van der Waals surface area contributed by atoms with E-state index in [4.69, 9.17) is 23.2 Å². The number of hydrogen-bond donors (Lipinski definition) is 0. The molecule has 0 saturated carbocycles. The Hall–Kier alpha value is -0.840. The van der Waals surface area contributed by atoms with Crippen molar-refractivity contribution in [2.45, 2.75) is 11.5 Å². The van der Waals surface area contributed by atoms with E-state index >= 15 is 0 Å². The van der Waals surface area contributed by atoms with Crippen molar-refractivity contribution in [1.82, 2.24) is 9.97 Å². The Labute approximate surface area is 118 Å². The van der Waals surface area contributed by atoms with Crippen LogP contribution in [0.1, 0.15) is 11.3 Å². The zero-order valence-electron chi connectivity index (χ0n) is 9.08. The van der Waals surface area contributed by atoms with Crippen LogP contribution in [-0.2, 0) is 11.5 Å². The maximum absolute atomic E-state index is 13.3. The van der Waals surface area contributed by atoms with Crippen molar-refractivity contribution in [2.75, 3.05) is 0 Å². The maximum atomic E-state index is 13.3. The number of fused-ring (bicyclic) bond motifs is 1. The molecule has 92 valence electrons. The van der Waals surface area contributed by atoms with E-state index in [1.165, 1.54) is 12.1 Å². The van der Waals surface area contributed by atoms with E-state index in [9.17, 15) is 4.39 Å². The summed E-state index contributed by atoms with van der Waals surface area (Å²) >= 11 is 13.7. The molecule has 0 N–H and O–H groups in total. The van der Waals surface area contributed by atoms with Gasteiger partial charge in [0.2, 0.25) is 0 Å². The molecule has 2 heterocycles. The number of hydrogen-bond acceptors (Lipinski definition) is 3. The fourth-order valence-corrected chi connectivity index (χ4v) is 3.42. The van der Waals surface area contributed by atoms with Gasteiger partial charge in [0, 0.05) is 27.7 Å². The molecule has 0 aliphatic carbocycles. The highest BCUT2D eigenvalue weighted by Gasteiger charge is 2.19. The third-order valence-corrected chi connectivity index (χ3v) is 4.15. The second-order valence-corrected chi connectivity index (χ2v) is 5.69. The molecule has 1 aliphatic rings. The molecule has 1 aromatic carbocycles. The minimum absolute atomic E-state index is 0.319. The Morgan fingerprint density at radius 1 is 1.11 bits per heavy atom. The van der Waals surface area contributed by atoms with Crippen molar-refractivity contribution in [1.29, 1.82) is 0 Å². The summed E-state index contributed by atoms with van der Waals surface area (Å²) in [6.07, 6.45) is 0. The van der Waals surface area contributed by atoms with Crippen LogP contribution in [0, 0.1) is 5.82 Å². The van der Waals surface area contributed by atoms with Crippen molar-refractivity contribution in [3.8, 4) is 11.4 Å². The first-order chi connectivity index (χ1) is 8.63. The SMILES string of the molecule is Fc1cc(Cl)cc(-c2nc(Cl)c3c(n2)CSC3)c1. The molecule has 0 amide bonds. The molecule has 1 aliphatic heterocycles. The molecule has 0 atom stereocenters. The van der Waals surface area contributed by atoms with E-state index in [1.54, 1.807) is 17.8 Å². The number of rotatable bonds is 1. The van der Waals surface area contributed by atoms with Gasteiger partial charge in [0.15, 0.2) is 5.82 Å². The molecule has 0 bridgehead atoms. The van der Waals surface area contributed by atoms with Gasteiger partial charge in [-0.25, -0.2) is 14.4 Å². The highest BCUT2D eigenvalue weighted by molar-refractivity contribution is 7.98. The lowest BCUT2D eigenvalue weighted by atomic mass is 10.2. The van der Waals surface area contributed by atoms with E-state index in [2.05, 4.69) is 9.97 Å². The molecular weight excluding hydrogens is 294 g/mol. The molecule has 0 radical (unpaired) electrons. The number of nitrogens with zero attached hydrogens (tertiary/aromatic N) is 2. The summed E-state index contributed by atoms with van der Waals surface area (Å²) in [6, 6.07) is 4.23. The van der Waals surface area contributed by atoms with Crippen molar-refractivity contribution in [2.24, 2.45) is 0 Å². The van der Waals surface area contributed by atoms with Gasteiger partial charge in [-0.2, -0.15) is 11.8 Å². The molecule has 0 saturated heterocycles. The van der Waals surface area contributed by atoms with Gasteiger partial charge < -0.3 is 0 Å². The Morgan fingerprint density at radius 2 is 1.94 bits per heavy atom. The first kappa shape index (κ1) is 12.2. The van der Waals surface area contributed by atoms with Gasteiger partial charge in [-0.15, -0.1) is 0 Å². The monoisotopic (exact) mass is 300 g/mol. The summed E-state index contributed by atoms with van der Waals surface area (Å²) in [4.78, 5) is 8.64. The van der Waals surface area contributed by atoms with Gasteiger partial charge in [0.05, 0.1) is 5.69 Å². The molecule has 0 fully saturated rings. The van der Waals surface area contributed by atoms with Crippen LogP contribution in [-0.4, -0.2) is 9.97 Å². The fourth-order valence-electron chi connectivity index (χ4n) is 1.82. The lowest BCUT2D eigenvalue weighted by Gasteiger charge is -2.05. The second kappa shape index (κ2) is 4.68. The molecule has 6 heteroatoms. The Morgan fingerprint density at radius 3 is 2.72 bits per heavy atom. The van der Waals surface area contributed by atoms with E-state index < -0.39 is 5.82 Å². The summed E-state index contributed by atoms with van der Waals surface area (Å²) < 4.78 is 13.3. The van der Waals surface area contributed by atoms with Gasteiger partial charge in [-0.05, 0) is 18.2 Å². The van der Waals surface area contributed by atoms with Crippen molar-refractivity contribution >= 4 is 35.0 Å². The zero-order chi connectivity index (χ0) is 12.7. The van der Waals surface area contributed by atoms with Crippen LogP contribution in [0.3, 0.4) is 0 Å². The summed E-state index contributed by atoms with van der Waals surface area (Å²) in [5, 5.41) is 0.764. The van der Waals surface area contributed by atoms with Gasteiger partial charge in [-0.3, -0.25) is 0 Å². The minimum atomic E-state index is -0.410. The molecule has 3 rings (SSSR count). The van der Waals surface area contributed by atoms with Gasteiger partial charge in [0.1, 0.15) is 11.0 Å². The van der Waals surface area contributed by atoms with Gasteiger partial charge in [-0.1, -0.05) is 23.2 Å². The predicted molar refractivity (Wildman–Crippen MR) is 72.4 cm³/mol. The molecule has 0 unspecified atom stereocenters. The Kier molecular flexibility index (Phi) is 3.18. The van der Waals surface area contributed by atoms with E-state index in [-0.39, 0.29) is 0 Å². The number of thioether (sulfide) groups is 1. The average molecular weight is 301 g/mol. The van der Waals surface area contributed by atoms with Crippen molar-refractivity contribution in [3.63, 3.8) is 0 Å². The van der Waals surface area contributed by atoms with Crippen LogP contribution in [0.4, 0.5) is 4.39 Å². The normalized spacial score (nSPS) is 13.7. The van der Waals surface area contributed by atoms with Crippen LogP contribution >= 0.6 is 35.0 Å². The van der Waals surface area contributed by atoms with Crippen LogP contribution in [0.15, 0.2) is 18.2 Å². The fraction of sp³-hybridized carbons (Fsp3) is 0.167. The highest BCUT2D eigenvalue weighted by atomic mass is 35.5. The summed E-state index contributed by atoms with van der Waals surface area (Å²) in [5.74, 6) is 1.65. The number of halogens is 3. The van der Waals surface area contributed by atoms with Gasteiger partial charge in [0.25, 0.3) is 0 Å². The summed E-state index contributed by atoms with van der Waals surface area (Å²) in [6.45, 7) is 0.